The molecule has 2 N–H and O–H groups in total. The van der Waals surface area contributed by atoms with Crippen LogP contribution < -0.4 is 5.73 Å². The zero-order valence-corrected chi connectivity index (χ0v) is 12.7. The summed E-state index contributed by atoms with van der Waals surface area (Å²) in [5.41, 5.74) is 9.57. The van der Waals surface area contributed by atoms with E-state index in [2.05, 4.69) is 41.3 Å². The molecule has 0 aliphatic carbocycles. The van der Waals surface area contributed by atoms with Crippen molar-refractivity contribution in [2.75, 3.05) is 12.8 Å². The largest absolute Gasteiger partial charge is 0.383 e. The van der Waals surface area contributed by atoms with Gasteiger partial charge in [-0.3, -0.25) is 4.90 Å². The van der Waals surface area contributed by atoms with Crippen LogP contribution in [0.25, 0.3) is 5.69 Å². The Balaban J connectivity index is 1.72. The van der Waals surface area contributed by atoms with Gasteiger partial charge in [-0.2, -0.15) is 5.10 Å². The molecule has 0 atom stereocenters. The number of anilines is 1. The molecule has 0 saturated carbocycles. The van der Waals surface area contributed by atoms with Crippen molar-refractivity contribution in [3.05, 3.63) is 78.0 Å². The summed E-state index contributed by atoms with van der Waals surface area (Å²) >= 11 is 0. The van der Waals surface area contributed by atoms with Crippen LogP contribution in [0, 0.1) is 0 Å². The van der Waals surface area contributed by atoms with Crippen molar-refractivity contribution in [2.24, 2.45) is 0 Å². The first-order valence-electron chi connectivity index (χ1n) is 7.34. The van der Waals surface area contributed by atoms with Gasteiger partial charge in [0.05, 0.1) is 11.9 Å². The predicted molar refractivity (Wildman–Crippen MR) is 89.6 cm³/mol. The van der Waals surface area contributed by atoms with E-state index in [-0.39, 0.29) is 0 Å². The van der Waals surface area contributed by atoms with Crippen molar-refractivity contribution >= 4 is 5.82 Å². The molecule has 3 rings (SSSR count). The smallest absolute Gasteiger partial charge is 0.131 e. The molecule has 0 aliphatic rings. The van der Waals surface area contributed by atoms with Gasteiger partial charge >= 0.3 is 0 Å². The monoisotopic (exact) mass is 292 g/mol. The maximum Gasteiger partial charge on any atom is 0.131 e. The Morgan fingerprint density at radius 1 is 0.955 bits per heavy atom. The SMILES string of the molecule is CN(Cc1ccccc1)Cc1cnn(-c2ccccc2)c1N. The average molecular weight is 292 g/mol. The van der Waals surface area contributed by atoms with Gasteiger partial charge in [0.15, 0.2) is 0 Å². The molecule has 112 valence electrons. The Morgan fingerprint density at radius 2 is 1.59 bits per heavy atom. The minimum Gasteiger partial charge on any atom is -0.383 e. The first-order chi connectivity index (χ1) is 10.7. The zero-order chi connectivity index (χ0) is 15.4. The highest BCUT2D eigenvalue weighted by Crippen LogP contribution is 2.18. The molecule has 0 spiro atoms. The van der Waals surface area contributed by atoms with Crippen molar-refractivity contribution in [3.8, 4) is 5.69 Å². The Kier molecular flexibility index (Phi) is 4.21. The van der Waals surface area contributed by atoms with E-state index in [1.54, 1.807) is 4.68 Å². The van der Waals surface area contributed by atoms with Gasteiger partial charge in [0.25, 0.3) is 0 Å². The summed E-state index contributed by atoms with van der Waals surface area (Å²) in [6.07, 6.45) is 1.85. The molecule has 22 heavy (non-hydrogen) atoms. The summed E-state index contributed by atoms with van der Waals surface area (Å²) in [5, 5.41) is 4.41. The molecular weight excluding hydrogens is 272 g/mol. The predicted octanol–water partition coefficient (Wildman–Crippen LogP) is 3.09. The number of para-hydroxylation sites is 1. The van der Waals surface area contributed by atoms with E-state index in [1.165, 1.54) is 5.56 Å². The standard InChI is InChI=1S/C18H20N4/c1-21(13-15-8-4-2-5-9-15)14-16-12-20-22(18(16)19)17-10-6-3-7-11-17/h2-12H,13-14,19H2,1H3. The third-order valence-electron chi connectivity index (χ3n) is 3.62. The minimum atomic E-state index is 0.700. The van der Waals surface area contributed by atoms with E-state index in [1.807, 2.05) is 42.6 Å². The van der Waals surface area contributed by atoms with Crippen LogP contribution in [-0.4, -0.2) is 21.7 Å². The van der Waals surface area contributed by atoms with Gasteiger partial charge in [0.1, 0.15) is 5.82 Å². The molecule has 0 aliphatic heterocycles. The summed E-state index contributed by atoms with van der Waals surface area (Å²) in [5.74, 6) is 0.700. The summed E-state index contributed by atoms with van der Waals surface area (Å²) in [4.78, 5) is 2.23. The molecule has 0 bridgehead atoms. The first kappa shape index (κ1) is 14.4. The summed E-state index contributed by atoms with van der Waals surface area (Å²) in [6.45, 7) is 1.66. The van der Waals surface area contributed by atoms with Gasteiger partial charge in [-0.25, -0.2) is 4.68 Å². The van der Waals surface area contributed by atoms with E-state index in [0.717, 1.165) is 24.3 Å². The lowest BCUT2D eigenvalue weighted by molar-refractivity contribution is 0.319. The van der Waals surface area contributed by atoms with E-state index in [4.69, 9.17) is 5.73 Å². The molecular formula is C18H20N4. The number of nitrogens with two attached hydrogens (primary N) is 1. The van der Waals surface area contributed by atoms with Crippen LogP contribution in [0.2, 0.25) is 0 Å². The van der Waals surface area contributed by atoms with Gasteiger partial charge < -0.3 is 5.73 Å². The van der Waals surface area contributed by atoms with Crippen molar-refractivity contribution in [2.45, 2.75) is 13.1 Å². The Morgan fingerprint density at radius 3 is 2.27 bits per heavy atom. The molecule has 0 unspecified atom stereocenters. The lowest BCUT2D eigenvalue weighted by Gasteiger charge is -2.16. The highest BCUT2D eigenvalue weighted by molar-refractivity contribution is 5.46. The molecule has 4 nitrogen and oxygen atoms in total. The first-order valence-corrected chi connectivity index (χ1v) is 7.34. The van der Waals surface area contributed by atoms with Crippen LogP contribution in [0.5, 0.6) is 0 Å². The summed E-state index contributed by atoms with van der Waals surface area (Å²) < 4.78 is 1.78. The van der Waals surface area contributed by atoms with Gasteiger partial charge in [0, 0.05) is 18.7 Å². The number of hydrogen-bond acceptors (Lipinski definition) is 3. The minimum absolute atomic E-state index is 0.700. The van der Waals surface area contributed by atoms with Crippen LogP contribution in [0.1, 0.15) is 11.1 Å². The second-order valence-electron chi connectivity index (χ2n) is 5.46. The number of nitrogens with zero attached hydrogens (tertiary/aromatic N) is 3. The van der Waals surface area contributed by atoms with Gasteiger partial charge in [-0.15, -0.1) is 0 Å². The van der Waals surface area contributed by atoms with Crippen molar-refractivity contribution < 1.29 is 0 Å². The number of aromatic nitrogens is 2. The van der Waals surface area contributed by atoms with Gasteiger partial charge in [-0.05, 0) is 24.7 Å². The topological polar surface area (TPSA) is 47.1 Å². The lowest BCUT2D eigenvalue weighted by atomic mass is 10.2. The van der Waals surface area contributed by atoms with Crippen LogP contribution in [0.3, 0.4) is 0 Å². The molecule has 1 aromatic heterocycles. The fourth-order valence-corrected chi connectivity index (χ4v) is 2.53. The Bertz CT molecular complexity index is 719. The maximum atomic E-state index is 6.25. The third kappa shape index (κ3) is 3.18. The van der Waals surface area contributed by atoms with Gasteiger partial charge in [-0.1, -0.05) is 48.5 Å². The third-order valence-corrected chi connectivity index (χ3v) is 3.62. The summed E-state index contributed by atoms with van der Waals surface area (Å²) in [6, 6.07) is 20.4. The fraction of sp³-hybridized carbons (Fsp3) is 0.167. The molecule has 0 radical (unpaired) electrons. The average Bonchev–Trinajstić information content (AvgIpc) is 2.90. The van der Waals surface area contributed by atoms with Crippen LogP contribution >= 0.6 is 0 Å². The van der Waals surface area contributed by atoms with E-state index in [0.29, 0.717) is 5.82 Å². The van der Waals surface area contributed by atoms with E-state index in [9.17, 15) is 0 Å². The zero-order valence-electron chi connectivity index (χ0n) is 12.7. The number of nitrogen functional groups attached to an aromatic ring is 1. The van der Waals surface area contributed by atoms with Crippen LogP contribution in [-0.2, 0) is 13.1 Å². The normalized spacial score (nSPS) is 11.0. The molecule has 1 heterocycles. The molecule has 0 amide bonds. The quantitative estimate of drug-likeness (QED) is 0.786. The molecule has 0 saturated heterocycles. The number of hydrogen-bond donors (Lipinski definition) is 1. The van der Waals surface area contributed by atoms with E-state index >= 15 is 0 Å². The highest BCUT2D eigenvalue weighted by Gasteiger charge is 2.11. The van der Waals surface area contributed by atoms with Crippen molar-refractivity contribution in [1.29, 1.82) is 0 Å². The van der Waals surface area contributed by atoms with Crippen molar-refractivity contribution in [3.63, 3.8) is 0 Å². The molecule has 3 aromatic rings. The lowest BCUT2D eigenvalue weighted by Crippen LogP contribution is -2.17. The second kappa shape index (κ2) is 6.45. The Hall–Kier alpha value is -2.59. The molecule has 0 fully saturated rings. The number of benzene rings is 2. The molecule has 2 aromatic carbocycles. The summed E-state index contributed by atoms with van der Waals surface area (Å²) in [7, 11) is 2.09. The van der Waals surface area contributed by atoms with E-state index < -0.39 is 0 Å². The van der Waals surface area contributed by atoms with Crippen LogP contribution in [0.4, 0.5) is 5.82 Å². The maximum absolute atomic E-state index is 6.25. The van der Waals surface area contributed by atoms with Crippen LogP contribution in [0.15, 0.2) is 66.9 Å². The van der Waals surface area contributed by atoms with Crippen molar-refractivity contribution in [1.82, 2.24) is 14.7 Å². The number of rotatable bonds is 5. The second-order valence-corrected chi connectivity index (χ2v) is 5.46. The fourth-order valence-electron chi connectivity index (χ4n) is 2.53. The Labute approximate surface area is 130 Å². The highest BCUT2D eigenvalue weighted by atomic mass is 15.3. The van der Waals surface area contributed by atoms with Gasteiger partial charge in [0.2, 0.25) is 0 Å². The molecule has 4 heteroatoms.